The first-order valence-electron chi connectivity index (χ1n) is 7.73. The molecular weight excluding hydrogens is 320 g/mol. The van der Waals surface area contributed by atoms with Crippen LogP contribution in [0.15, 0.2) is 60.9 Å². The SMILES string of the molecule is COc1ccc([C@@H](O)Cn2cnc(C(=O)Nc3ccccc3)n2)cc1. The van der Waals surface area contributed by atoms with Gasteiger partial charge >= 0.3 is 0 Å². The minimum atomic E-state index is -0.766. The lowest BCUT2D eigenvalue weighted by atomic mass is 10.1. The van der Waals surface area contributed by atoms with Gasteiger partial charge in [0, 0.05) is 5.69 Å². The van der Waals surface area contributed by atoms with Crippen molar-refractivity contribution >= 4 is 11.6 Å². The lowest BCUT2D eigenvalue weighted by Gasteiger charge is -2.11. The number of para-hydroxylation sites is 1. The molecule has 0 radical (unpaired) electrons. The second kappa shape index (κ2) is 7.59. The Kier molecular flexibility index (Phi) is 5.06. The van der Waals surface area contributed by atoms with Crippen molar-refractivity contribution in [2.45, 2.75) is 12.6 Å². The number of rotatable bonds is 6. The quantitative estimate of drug-likeness (QED) is 0.720. The summed E-state index contributed by atoms with van der Waals surface area (Å²) in [6.07, 6.45) is 0.657. The minimum absolute atomic E-state index is 0.0470. The first-order chi connectivity index (χ1) is 12.2. The molecule has 0 saturated heterocycles. The van der Waals surface area contributed by atoms with Crippen LogP contribution in [0.4, 0.5) is 5.69 Å². The molecule has 1 amide bonds. The predicted molar refractivity (Wildman–Crippen MR) is 92.4 cm³/mol. The monoisotopic (exact) mass is 338 g/mol. The predicted octanol–water partition coefficient (Wildman–Crippen LogP) is 2.27. The molecule has 0 aliphatic carbocycles. The third-order valence-electron chi connectivity index (χ3n) is 3.63. The van der Waals surface area contributed by atoms with Gasteiger partial charge in [-0.05, 0) is 29.8 Å². The van der Waals surface area contributed by atoms with E-state index >= 15 is 0 Å². The van der Waals surface area contributed by atoms with Crippen molar-refractivity contribution in [2.24, 2.45) is 0 Å². The Morgan fingerprint density at radius 3 is 2.60 bits per heavy atom. The number of nitrogens with one attached hydrogen (secondary N) is 1. The van der Waals surface area contributed by atoms with Crippen LogP contribution >= 0.6 is 0 Å². The second-order valence-corrected chi connectivity index (χ2v) is 5.40. The number of ether oxygens (including phenoxy) is 1. The van der Waals surface area contributed by atoms with E-state index in [2.05, 4.69) is 15.4 Å². The van der Waals surface area contributed by atoms with Crippen LogP contribution in [0.5, 0.6) is 5.75 Å². The maximum absolute atomic E-state index is 12.1. The highest BCUT2D eigenvalue weighted by Crippen LogP contribution is 2.18. The van der Waals surface area contributed by atoms with Crippen molar-refractivity contribution < 1.29 is 14.6 Å². The van der Waals surface area contributed by atoms with E-state index in [1.54, 1.807) is 43.5 Å². The molecule has 0 saturated carbocycles. The summed E-state index contributed by atoms with van der Waals surface area (Å²) in [6.45, 7) is 0.192. The van der Waals surface area contributed by atoms with Crippen molar-refractivity contribution in [1.82, 2.24) is 14.8 Å². The van der Waals surface area contributed by atoms with Crippen molar-refractivity contribution in [3.63, 3.8) is 0 Å². The fourth-order valence-electron chi connectivity index (χ4n) is 2.30. The summed E-state index contributed by atoms with van der Waals surface area (Å²) in [5.41, 5.74) is 1.40. The Labute approximate surface area is 144 Å². The molecule has 128 valence electrons. The highest BCUT2D eigenvalue weighted by atomic mass is 16.5. The number of benzene rings is 2. The van der Waals surface area contributed by atoms with Gasteiger partial charge in [-0.2, -0.15) is 0 Å². The third-order valence-corrected chi connectivity index (χ3v) is 3.63. The Bertz CT molecular complexity index is 831. The molecule has 0 aliphatic heterocycles. The maximum atomic E-state index is 12.1. The number of aliphatic hydroxyl groups is 1. The van der Waals surface area contributed by atoms with Crippen molar-refractivity contribution in [1.29, 1.82) is 0 Å². The van der Waals surface area contributed by atoms with E-state index in [9.17, 15) is 9.90 Å². The minimum Gasteiger partial charge on any atom is -0.497 e. The standard InChI is InChI=1S/C18H18N4O3/c1-25-15-9-7-13(8-10-15)16(23)11-22-12-19-17(21-22)18(24)20-14-5-3-2-4-6-14/h2-10,12,16,23H,11H2,1H3,(H,20,24)/t16-/m0/s1. The van der Waals surface area contributed by atoms with Crippen LogP contribution in [-0.4, -0.2) is 32.9 Å². The number of carbonyl (C=O) groups excluding carboxylic acids is 1. The number of aromatic nitrogens is 3. The third kappa shape index (κ3) is 4.21. The zero-order valence-corrected chi connectivity index (χ0v) is 13.7. The van der Waals surface area contributed by atoms with E-state index in [0.29, 0.717) is 5.69 Å². The normalized spacial score (nSPS) is 11.8. The zero-order valence-electron chi connectivity index (χ0n) is 13.7. The largest absolute Gasteiger partial charge is 0.497 e. The molecule has 0 unspecified atom stereocenters. The van der Waals surface area contributed by atoms with Gasteiger partial charge in [0.05, 0.1) is 19.8 Å². The Morgan fingerprint density at radius 2 is 1.92 bits per heavy atom. The average molecular weight is 338 g/mol. The summed E-state index contributed by atoms with van der Waals surface area (Å²) in [4.78, 5) is 16.1. The molecule has 25 heavy (non-hydrogen) atoms. The van der Waals surface area contributed by atoms with Gasteiger partial charge < -0.3 is 15.2 Å². The molecule has 2 N–H and O–H groups in total. The number of methoxy groups -OCH3 is 1. The second-order valence-electron chi connectivity index (χ2n) is 5.40. The van der Waals surface area contributed by atoms with E-state index in [0.717, 1.165) is 11.3 Å². The summed E-state index contributed by atoms with van der Waals surface area (Å²) < 4.78 is 6.53. The van der Waals surface area contributed by atoms with Crippen LogP contribution in [0.1, 0.15) is 22.3 Å². The van der Waals surface area contributed by atoms with E-state index in [-0.39, 0.29) is 12.4 Å². The van der Waals surface area contributed by atoms with Gasteiger partial charge in [-0.1, -0.05) is 30.3 Å². The molecule has 1 aromatic heterocycles. The van der Waals surface area contributed by atoms with Crippen LogP contribution in [0.2, 0.25) is 0 Å². The number of aliphatic hydroxyl groups excluding tert-OH is 1. The van der Waals surface area contributed by atoms with Gasteiger partial charge in [-0.25, -0.2) is 9.67 Å². The molecule has 0 bridgehead atoms. The van der Waals surface area contributed by atoms with E-state index in [1.807, 2.05) is 18.2 Å². The maximum Gasteiger partial charge on any atom is 0.295 e. The van der Waals surface area contributed by atoms with Crippen LogP contribution < -0.4 is 10.1 Å². The van der Waals surface area contributed by atoms with E-state index in [4.69, 9.17) is 4.74 Å². The van der Waals surface area contributed by atoms with Crippen molar-refractivity contribution in [3.8, 4) is 5.75 Å². The van der Waals surface area contributed by atoms with Crippen LogP contribution in [0.25, 0.3) is 0 Å². The molecule has 1 heterocycles. The highest BCUT2D eigenvalue weighted by molar-refractivity contribution is 6.01. The Morgan fingerprint density at radius 1 is 1.20 bits per heavy atom. The number of carbonyl (C=O) groups is 1. The van der Waals surface area contributed by atoms with Crippen LogP contribution in [0, 0.1) is 0 Å². The van der Waals surface area contributed by atoms with Crippen LogP contribution in [-0.2, 0) is 6.54 Å². The molecule has 1 atom stereocenters. The fourth-order valence-corrected chi connectivity index (χ4v) is 2.30. The van der Waals surface area contributed by atoms with E-state index in [1.165, 1.54) is 11.0 Å². The molecule has 0 spiro atoms. The van der Waals surface area contributed by atoms with Gasteiger partial charge in [-0.15, -0.1) is 5.10 Å². The smallest absolute Gasteiger partial charge is 0.295 e. The first kappa shape index (κ1) is 16.7. The summed E-state index contributed by atoms with van der Waals surface area (Å²) in [5, 5.41) is 17.1. The van der Waals surface area contributed by atoms with E-state index < -0.39 is 12.0 Å². The summed E-state index contributed by atoms with van der Waals surface area (Å²) >= 11 is 0. The summed E-state index contributed by atoms with van der Waals surface area (Å²) in [6, 6.07) is 16.2. The van der Waals surface area contributed by atoms with Gasteiger partial charge in [0.1, 0.15) is 12.1 Å². The lowest BCUT2D eigenvalue weighted by molar-refractivity contribution is 0.101. The molecule has 3 rings (SSSR count). The first-order valence-corrected chi connectivity index (χ1v) is 7.73. The van der Waals surface area contributed by atoms with Crippen molar-refractivity contribution in [2.75, 3.05) is 12.4 Å². The molecular formula is C18H18N4O3. The molecule has 7 heteroatoms. The molecule has 2 aromatic carbocycles. The summed E-state index contributed by atoms with van der Waals surface area (Å²) in [5.74, 6) is 0.367. The number of hydrogen-bond acceptors (Lipinski definition) is 5. The average Bonchev–Trinajstić information content (AvgIpc) is 3.11. The number of anilines is 1. The summed E-state index contributed by atoms with van der Waals surface area (Å²) in [7, 11) is 1.59. The Hall–Kier alpha value is -3.19. The molecule has 0 aliphatic rings. The molecule has 3 aromatic rings. The van der Waals surface area contributed by atoms with Gasteiger partial charge in [0.15, 0.2) is 0 Å². The van der Waals surface area contributed by atoms with Gasteiger partial charge in [0.25, 0.3) is 5.91 Å². The highest BCUT2D eigenvalue weighted by Gasteiger charge is 2.14. The number of amides is 1. The molecule has 0 fully saturated rings. The fraction of sp³-hybridized carbons (Fsp3) is 0.167. The number of nitrogens with zero attached hydrogens (tertiary/aromatic N) is 3. The Balaban J connectivity index is 1.63. The number of hydrogen-bond donors (Lipinski definition) is 2. The van der Waals surface area contributed by atoms with Gasteiger partial charge in [-0.3, -0.25) is 4.79 Å². The van der Waals surface area contributed by atoms with Gasteiger partial charge in [0.2, 0.25) is 5.82 Å². The zero-order chi connectivity index (χ0) is 17.6. The molecule has 7 nitrogen and oxygen atoms in total. The van der Waals surface area contributed by atoms with Crippen LogP contribution in [0.3, 0.4) is 0 Å². The van der Waals surface area contributed by atoms with Crippen molar-refractivity contribution in [3.05, 3.63) is 72.3 Å². The topological polar surface area (TPSA) is 89.3 Å². The lowest BCUT2D eigenvalue weighted by Crippen LogP contribution is -2.15.